The molecule has 2 N–H and O–H groups in total. The molecule has 0 bridgehead atoms. The molecule has 0 aliphatic rings. The molecule has 1 aromatic rings. The van der Waals surface area contributed by atoms with Crippen LogP contribution in [0.1, 0.15) is 39.5 Å². The number of rotatable bonds is 7. The van der Waals surface area contributed by atoms with Crippen LogP contribution in [0.5, 0.6) is 0 Å². The minimum Gasteiger partial charge on any atom is -0.365 e. The van der Waals surface area contributed by atoms with Gasteiger partial charge in [-0.2, -0.15) is 0 Å². The number of H-pyrrole nitrogens is 1. The van der Waals surface area contributed by atoms with E-state index in [9.17, 15) is 4.79 Å². The molecular weight excluding hydrogens is 202 g/mol. The van der Waals surface area contributed by atoms with Crippen molar-refractivity contribution in [2.45, 2.75) is 39.5 Å². The SMILES string of the molecule is CCCCC(CC)CNc1ncc[nH]c1=O. The first-order chi connectivity index (χ1) is 7.77. The third-order valence-corrected chi connectivity index (χ3v) is 2.81. The lowest BCUT2D eigenvalue weighted by atomic mass is 9.99. The summed E-state index contributed by atoms with van der Waals surface area (Å²) in [6, 6.07) is 0. The van der Waals surface area contributed by atoms with Crippen molar-refractivity contribution in [3.8, 4) is 0 Å². The van der Waals surface area contributed by atoms with Crippen LogP contribution in [-0.2, 0) is 0 Å². The normalized spacial score (nSPS) is 12.4. The summed E-state index contributed by atoms with van der Waals surface area (Å²) in [4.78, 5) is 18.0. The zero-order valence-corrected chi connectivity index (χ0v) is 10.1. The van der Waals surface area contributed by atoms with Gasteiger partial charge in [0.25, 0.3) is 5.56 Å². The van der Waals surface area contributed by atoms with Crippen molar-refractivity contribution in [2.75, 3.05) is 11.9 Å². The monoisotopic (exact) mass is 223 g/mol. The maximum Gasteiger partial charge on any atom is 0.290 e. The van der Waals surface area contributed by atoms with Crippen LogP contribution in [0.4, 0.5) is 5.82 Å². The van der Waals surface area contributed by atoms with E-state index in [0.717, 1.165) is 13.0 Å². The highest BCUT2D eigenvalue weighted by Crippen LogP contribution is 2.12. The molecule has 0 radical (unpaired) electrons. The molecule has 0 amide bonds. The fraction of sp³-hybridized carbons (Fsp3) is 0.667. The lowest BCUT2D eigenvalue weighted by Gasteiger charge is -2.14. The molecule has 1 unspecified atom stereocenters. The predicted octanol–water partition coefficient (Wildman–Crippen LogP) is 2.40. The second-order valence-corrected chi connectivity index (χ2v) is 4.06. The lowest BCUT2D eigenvalue weighted by Crippen LogP contribution is -2.20. The molecule has 0 spiro atoms. The largest absolute Gasteiger partial charge is 0.365 e. The van der Waals surface area contributed by atoms with E-state index in [0.29, 0.717) is 11.7 Å². The maximum atomic E-state index is 11.4. The lowest BCUT2D eigenvalue weighted by molar-refractivity contribution is 0.472. The molecule has 0 fully saturated rings. The molecule has 0 aromatic carbocycles. The van der Waals surface area contributed by atoms with Gasteiger partial charge in [0, 0.05) is 18.9 Å². The first-order valence-corrected chi connectivity index (χ1v) is 6.05. The molecule has 0 aliphatic heterocycles. The first kappa shape index (κ1) is 12.7. The van der Waals surface area contributed by atoms with Gasteiger partial charge in [-0.05, 0) is 12.3 Å². The van der Waals surface area contributed by atoms with Gasteiger partial charge in [0.1, 0.15) is 0 Å². The third-order valence-electron chi connectivity index (χ3n) is 2.81. The van der Waals surface area contributed by atoms with Crippen LogP contribution in [0.2, 0.25) is 0 Å². The highest BCUT2D eigenvalue weighted by atomic mass is 16.1. The zero-order chi connectivity index (χ0) is 11.8. The minimum absolute atomic E-state index is 0.146. The van der Waals surface area contributed by atoms with Crippen molar-refractivity contribution in [2.24, 2.45) is 5.92 Å². The van der Waals surface area contributed by atoms with Gasteiger partial charge in [0.05, 0.1) is 0 Å². The van der Waals surface area contributed by atoms with Gasteiger partial charge in [-0.1, -0.05) is 33.1 Å². The van der Waals surface area contributed by atoms with Crippen molar-refractivity contribution in [1.82, 2.24) is 9.97 Å². The molecule has 1 atom stereocenters. The van der Waals surface area contributed by atoms with Crippen molar-refractivity contribution >= 4 is 5.82 Å². The molecule has 0 saturated heterocycles. The smallest absolute Gasteiger partial charge is 0.290 e. The average Bonchev–Trinajstić information content (AvgIpc) is 2.31. The minimum atomic E-state index is -0.146. The van der Waals surface area contributed by atoms with Crippen LogP contribution in [-0.4, -0.2) is 16.5 Å². The molecule has 0 aliphatic carbocycles. The Balaban J connectivity index is 2.43. The second kappa shape index (κ2) is 7.04. The Morgan fingerprint density at radius 2 is 2.31 bits per heavy atom. The Bertz CT molecular complexity index is 348. The van der Waals surface area contributed by atoms with Crippen LogP contribution >= 0.6 is 0 Å². The van der Waals surface area contributed by atoms with E-state index in [1.54, 1.807) is 12.4 Å². The molecule has 16 heavy (non-hydrogen) atoms. The summed E-state index contributed by atoms with van der Waals surface area (Å²) in [5.41, 5.74) is -0.146. The quantitative estimate of drug-likeness (QED) is 0.746. The van der Waals surface area contributed by atoms with E-state index in [1.165, 1.54) is 19.3 Å². The summed E-state index contributed by atoms with van der Waals surface area (Å²) >= 11 is 0. The fourth-order valence-corrected chi connectivity index (χ4v) is 1.66. The number of hydrogen-bond acceptors (Lipinski definition) is 3. The van der Waals surface area contributed by atoms with Gasteiger partial charge in [-0.15, -0.1) is 0 Å². The van der Waals surface area contributed by atoms with Crippen molar-refractivity contribution < 1.29 is 0 Å². The number of hydrogen-bond donors (Lipinski definition) is 2. The molecule has 1 rings (SSSR count). The number of unbranched alkanes of at least 4 members (excludes halogenated alkanes) is 1. The molecule has 90 valence electrons. The van der Waals surface area contributed by atoms with Gasteiger partial charge in [0.15, 0.2) is 5.82 Å². The van der Waals surface area contributed by atoms with E-state index in [1.807, 2.05) is 0 Å². The van der Waals surface area contributed by atoms with Gasteiger partial charge >= 0.3 is 0 Å². The van der Waals surface area contributed by atoms with Gasteiger partial charge in [-0.25, -0.2) is 4.98 Å². The summed E-state index contributed by atoms with van der Waals surface area (Å²) in [6.45, 7) is 5.21. The maximum absolute atomic E-state index is 11.4. The molecule has 4 nitrogen and oxygen atoms in total. The summed E-state index contributed by atoms with van der Waals surface area (Å²) in [7, 11) is 0. The van der Waals surface area contributed by atoms with E-state index < -0.39 is 0 Å². The van der Waals surface area contributed by atoms with Crippen LogP contribution in [0.15, 0.2) is 17.2 Å². The predicted molar refractivity (Wildman–Crippen MR) is 66.7 cm³/mol. The first-order valence-electron chi connectivity index (χ1n) is 6.05. The molecular formula is C12H21N3O. The molecule has 1 heterocycles. The topological polar surface area (TPSA) is 57.8 Å². The Morgan fingerprint density at radius 1 is 1.50 bits per heavy atom. The van der Waals surface area contributed by atoms with E-state index in [4.69, 9.17) is 0 Å². The van der Waals surface area contributed by atoms with E-state index in [2.05, 4.69) is 29.1 Å². The van der Waals surface area contributed by atoms with Crippen LogP contribution in [0, 0.1) is 5.92 Å². The van der Waals surface area contributed by atoms with Crippen LogP contribution in [0.25, 0.3) is 0 Å². The Morgan fingerprint density at radius 3 is 2.94 bits per heavy atom. The Labute approximate surface area is 96.5 Å². The second-order valence-electron chi connectivity index (χ2n) is 4.06. The molecule has 1 aromatic heterocycles. The fourth-order valence-electron chi connectivity index (χ4n) is 1.66. The van der Waals surface area contributed by atoms with Crippen molar-refractivity contribution in [3.05, 3.63) is 22.7 Å². The van der Waals surface area contributed by atoms with Gasteiger partial charge in [0.2, 0.25) is 0 Å². The Kier molecular flexibility index (Phi) is 5.61. The molecule has 0 saturated carbocycles. The summed E-state index contributed by atoms with van der Waals surface area (Å²) < 4.78 is 0. The number of nitrogens with one attached hydrogen (secondary N) is 2. The number of nitrogens with zero attached hydrogens (tertiary/aromatic N) is 1. The highest BCUT2D eigenvalue weighted by Gasteiger charge is 2.07. The van der Waals surface area contributed by atoms with E-state index >= 15 is 0 Å². The van der Waals surface area contributed by atoms with Crippen LogP contribution in [0.3, 0.4) is 0 Å². The van der Waals surface area contributed by atoms with Crippen LogP contribution < -0.4 is 10.9 Å². The number of aromatic nitrogens is 2. The zero-order valence-electron chi connectivity index (χ0n) is 10.1. The van der Waals surface area contributed by atoms with Crippen molar-refractivity contribution in [1.29, 1.82) is 0 Å². The number of anilines is 1. The summed E-state index contributed by atoms with van der Waals surface area (Å²) in [5, 5.41) is 3.12. The summed E-state index contributed by atoms with van der Waals surface area (Å²) in [5.74, 6) is 1.05. The standard InChI is InChI=1S/C12H21N3O/c1-3-5-6-10(4-2)9-15-11-12(16)14-8-7-13-11/h7-8,10H,3-6,9H2,1-2H3,(H,13,15)(H,14,16). The average molecular weight is 223 g/mol. The third kappa shape index (κ3) is 4.04. The Hall–Kier alpha value is -1.32. The summed E-state index contributed by atoms with van der Waals surface area (Å²) in [6.07, 6.45) is 7.96. The highest BCUT2D eigenvalue weighted by molar-refractivity contribution is 5.29. The molecule has 4 heteroatoms. The van der Waals surface area contributed by atoms with Gasteiger partial charge in [-0.3, -0.25) is 4.79 Å². The van der Waals surface area contributed by atoms with Gasteiger partial charge < -0.3 is 10.3 Å². The van der Waals surface area contributed by atoms with E-state index in [-0.39, 0.29) is 5.56 Å². The number of aromatic amines is 1. The van der Waals surface area contributed by atoms with Crippen molar-refractivity contribution in [3.63, 3.8) is 0 Å².